The average molecular weight is 278 g/mol. The Morgan fingerprint density at radius 3 is 2.60 bits per heavy atom. The molecule has 5 heteroatoms. The molecule has 1 heterocycles. The molecule has 2 atom stereocenters. The van der Waals surface area contributed by atoms with E-state index in [0.29, 0.717) is 6.42 Å². The van der Waals surface area contributed by atoms with Gasteiger partial charge in [0.25, 0.3) is 5.91 Å². The minimum Gasteiger partial charge on any atom is -0.340 e. The predicted octanol–water partition coefficient (Wildman–Crippen LogP) is 2.15. The van der Waals surface area contributed by atoms with Gasteiger partial charge in [0.15, 0.2) is 0 Å². The van der Waals surface area contributed by atoms with Crippen LogP contribution in [0.1, 0.15) is 32.8 Å². The molecule has 0 radical (unpaired) electrons. The summed E-state index contributed by atoms with van der Waals surface area (Å²) in [5, 5.41) is 2.72. The van der Waals surface area contributed by atoms with Gasteiger partial charge in [-0.15, -0.1) is 0 Å². The van der Waals surface area contributed by atoms with Crippen LogP contribution in [0, 0.1) is 12.7 Å². The molecule has 2 unspecified atom stereocenters. The largest absolute Gasteiger partial charge is 0.340 e. The highest BCUT2D eigenvalue weighted by Gasteiger charge is 2.46. The van der Waals surface area contributed by atoms with Gasteiger partial charge >= 0.3 is 0 Å². The number of anilines is 1. The first-order chi connectivity index (χ1) is 9.30. The van der Waals surface area contributed by atoms with Gasteiger partial charge in [-0.05, 0) is 44.9 Å². The normalized spacial score (nSPS) is 26.6. The Morgan fingerprint density at radius 2 is 2.05 bits per heavy atom. The molecule has 0 aliphatic carbocycles. The number of aryl methyl sites for hydroxylation is 1. The molecule has 1 fully saturated rings. The minimum atomic E-state index is -0.985. The SMILES string of the molecule is CCC1(C)NC(=O)C(C)N(c2ccc(C)cc2F)C1=O. The van der Waals surface area contributed by atoms with E-state index in [2.05, 4.69) is 5.32 Å². The molecule has 4 nitrogen and oxygen atoms in total. The maximum absolute atomic E-state index is 14.1. The first-order valence-electron chi connectivity index (χ1n) is 6.72. The van der Waals surface area contributed by atoms with Crippen molar-refractivity contribution in [1.82, 2.24) is 5.32 Å². The molecule has 0 bridgehead atoms. The van der Waals surface area contributed by atoms with Crippen molar-refractivity contribution >= 4 is 17.5 Å². The van der Waals surface area contributed by atoms with E-state index in [9.17, 15) is 14.0 Å². The summed E-state index contributed by atoms with van der Waals surface area (Å²) < 4.78 is 14.1. The molecule has 108 valence electrons. The molecule has 0 saturated carbocycles. The van der Waals surface area contributed by atoms with Crippen molar-refractivity contribution in [2.24, 2.45) is 0 Å². The van der Waals surface area contributed by atoms with Crippen LogP contribution in [0.15, 0.2) is 18.2 Å². The van der Waals surface area contributed by atoms with E-state index in [-0.39, 0.29) is 17.5 Å². The van der Waals surface area contributed by atoms with E-state index in [1.165, 1.54) is 11.0 Å². The molecule has 1 N–H and O–H groups in total. The number of carbonyl (C=O) groups is 2. The molecule has 2 rings (SSSR count). The fraction of sp³-hybridized carbons (Fsp3) is 0.467. The molecule has 1 saturated heterocycles. The number of hydrogen-bond donors (Lipinski definition) is 1. The maximum atomic E-state index is 14.1. The minimum absolute atomic E-state index is 0.155. The Labute approximate surface area is 118 Å². The van der Waals surface area contributed by atoms with Crippen LogP contribution in [0.3, 0.4) is 0 Å². The predicted molar refractivity (Wildman–Crippen MR) is 74.9 cm³/mol. The summed E-state index contributed by atoms with van der Waals surface area (Å²) in [5.41, 5.74) is -0.0605. The second kappa shape index (κ2) is 4.89. The van der Waals surface area contributed by atoms with Crippen LogP contribution < -0.4 is 10.2 Å². The van der Waals surface area contributed by atoms with Crippen molar-refractivity contribution in [1.29, 1.82) is 0 Å². The lowest BCUT2D eigenvalue weighted by Gasteiger charge is -2.43. The molecule has 1 aromatic carbocycles. The number of piperazine rings is 1. The third-order valence-electron chi connectivity index (χ3n) is 3.93. The van der Waals surface area contributed by atoms with E-state index in [1.807, 2.05) is 6.92 Å². The lowest BCUT2D eigenvalue weighted by Crippen LogP contribution is -2.68. The summed E-state index contributed by atoms with van der Waals surface area (Å²) in [5.74, 6) is -1.04. The zero-order valence-corrected chi connectivity index (χ0v) is 12.2. The van der Waals surface area contributed by atoms with Gasteiger partial charge < -0.3 is 5.32 Å². The summed E-state index contributed by atoms with van der Waals surface area (Å²) in [6.07, 6.45) is 0.453. The number of nitrogens with one attached hydrogen (secondary N) is 1. The van der Waals surface area contributed by atoms with E-state index >= 15 is 0 Å². The Balaban J connectivity index is 2.51. The van der Waals surface area contributed by atoms with Gasteiger partial charge in [0.1, 0.15) is 17.4 Å². The van der Waals surface area contributed by atoms with E-state index in [0.717, 1.165) is 5.56 Å². The second-order valence-electron chi connectivity index (χ2n) is 5.48. The quantitative estimate of drug-likeness (QED) is 0.901. The Kier molecular flexibility index (Phi) is 3.54. The number of nitrogens with zero attached hydrogens (tertiary/aromatic N) is 1. The maximum Gasteiger partial charge on any atom is 0.253 e. The first kappa shape index (κ1) is 14.5. The number of carbonyl (C=O) groups excluding carboxylic acids is 2. The average Bonchev–Trinajstić information content (AvgIpc) is 2.39. The molecular weight excluding hydrogens is 259 g/mol. The molecule has 0 aromatic heterocycles. The molecule has 20 heavy (non-hydrogen) atoms. The number of amides is 2. The van der Waals surface area contributed by atoms with Crippen molar-refractivity contribution in [3.8, 4) is 0 Å². The van der Waals surface area contributed by atoms with Crippen LogP contribution in [0.25, 0.3) is 0 Å². The lowest BCUT2D eigenvalue weighted by molar-refractivity contribution is -0.137. The summed E-state index contributed by atoms with van der Waals surface area (Å²) in [7, 11) is 0. The summed E-state index contributed by atoms with van der Waals surface area (Å²) in [4.78, 5) is 25.9. The van der Waals surface area contributed by atoms with Crippen LogP contribution in [0.5, 0.6) is 0 Å². The third-order valence-corrected chi connectivity index (χ3v) is 3.93. The Hall–Kier alpha value is -1.91. The topological polar surface area (TPSA) is 49.4 Å². The standard InChI is InChI=1S/C15H19FN2O2/c1-5-15(4)14(20)18(10(3)13(19)17-15)12-7-6-9(2)8-11(12)16/h6-8,10H,5H2,1-4H3,(H,17,19). The van der Waals surface area contributed by atoms with Crippen molar-refractivity contribution in [3.63, 3.8) is 0 Å². The van der Waals surface area contributed by atoms with Crippen molar-refractivity contribution in [2.75, 3.05) is 4.90 Å². The van der Waals surface area contributed by atoms with Crippen LogP contribution in [-0.4, -0.2) is 23.4 Å². The molecule has 1 aliphatic heterocycles. The highest BCUT2D eigenvalue weighted by Crippen LogP contribution is 2.29. The molecule has 2 amide bonds. The highest BCUT2D eigenvalue weighted by molar-refractivity contribution is 6.10. The Bertz CT molecular complexity index is 573. The highest BCUT2D eigenvalue weighted by atomic mass is 19.1. The molecule has 1 aliphatic rings. The van der Waals surface area contributed by atoms with Gasteiger partial charge in [0.2, 0.25) is 5.91 Å². The van der Waals surface area contributed by atoms with Crippen molar-refractivity contribution < 1.29 is 14.0 Å². The van der Waals surface area contributed by atoms with Crippen molar-refractivity contribution in [3.05, 3.63) is 29.6 Å². The molecule has 1 aromatic rings. The van der Waals surface area contributed by atoms with Crippen molar-refractivity contribution in [2.45, 2.75) is 45.7 Å². The van der Waals surface area contributed by atoms with E-state index in [1.54, 1.807) is 32.9 Å². The van der Waals surface area contributed by atoms with Gasteiger partial charge in [0, 0.05) is 0 Å². The van der Waals surface area contributed by atoms with Crippen LogP contribution in [-0.2, 0) is 9.59 Å². The third kappa shape index (κ3) is 2.17. The summed E-state index contributed by atoms with van der Waals surface area (Å²) in [6.45, 7) is 6.86. The molecular formula is C15H19FN2O2. The lowest BCUT2D eigenvalue weighted by atomic mass is 9.91. The second-order valence-corrected chi connectivity index (χ2v) is 5.48. The zero-order valence-electron chi connectivity index (χ0n) is 12.2. The number of benzene rings is 1. The summed E-state index contributed by atoms with van der Waals surface area (Å²) in [6, 6.07) is 3.92. The zero-order chi connectivity index (χ0) is 15.1. The fourth-order valence-corrected chi connectivity index (χ4v) is 2.35. The smallest absolute Gasteiger partial charge is 0.253 e. The monoisotopic (exact) mass is 278 g/mol. The van der Waals surface area contributed by atoms with Gasteiger partial charge in [-0.3, -0.25) is 14.5 Å². The Morgan fingerprint density at radius 1 is 1.40 bits per heavy atom. The number of halogens is 1. The summed E-state index contributed by atoms with van der Waals surface area (Å²) >= 11 is 0. The van der Waals surface area contributed by atoms with E-state index in [4.69, 9.17) is 0 Å². The number of rotatable bonds is 2. The van der Waals surface area contributed by atoms with Crippen LogP contribution in [0.4, 0.5) is 10.1 Å². The van der Waals surface area contributed by atoms with Gasteiger partial charge in [-0.2, -0.15) is 0 Å². The fourth-order valence-electron chi connectivity index (χ4n) is 2.35. The number of hydrogen-bond acceptors (Lipinski definition) is 2. The van der Waals surface area contributed by atoms with Crippen LogP contribution in [0.2, 0.25) is 0 Å². The van der Waals surface area contributed by atoms with Gasteiger partial charge in [0.05, 0.1) is 5.69 Å². The molecule has 0 spiro atoms. The van der Waals surface area contributed by atoms with Gasteiger partial charge in [-0.1, -0.05) is 13.0 Å². The van der Waals surface area contributed by atoms with Crippen LogP contribution >= 0.6 is 0 Å². The van der Waals surface area contributed by atoms with E-state index < -0.39 is 17.4 Å². The van der Waals surface area contributed by atoms with Gasteiger partial charge in [-0.25, -0.2) is 4.39 Å². The first-order valence-corrected chi connectivity index (χ1v) is 6.72.